The summed E-state index contributed by atoms with van der Waals surface area (Å²) in [4.78, 5) is 21.8. The molecule has 0 radical (unpaired) electrons. The molecule has 0 fully saturated rings. The number of benzene rings is 2. The maximum atomic E-state index is 11.6. The first-order valence-electron chi connectivity index (χ1n) is 5.85. The largest absolute Gasteiger partial charge is 0.294 e. The molecule has 0 amide bonds. The van der Waals surface area contributed by atoms with Gasteiger partial charge in [-0.3, -0.25) is 14.9 Å². The third kappa shape index (κ3) is 2.68. The van der Waals surface area contributed by atoms with Crippen LogP contribution in [0.4, 0.5) is 5.69 Å². The zero-order chi connectivity index (χ0) is 14.0. The highest BCUT2D eigenvalue weighted by atomic mass is 16.6. The summed E-state index contributed by atoms with van der Waals surface area (Å²) < 4.78 is 0. The molecule has 2 rings (SSSR count). The van der Waals surface area contributed by atoms with Crippen LogP contribution in [-0.2, 0) is 0 Å². The van der Waals surface area contributed by atoms with Crippen LogP contribution in [0.1, 0.15) is 22.8 Å². The van der Waals surface area contributed by atoms with E-state index in [9.17, 15) is 14.9 Å². The van der Waals surface area contributed by atoms with Gasteiger partial charge >= 0.3 is 0 Å². The van der Waals surface area contributed by atoms with E-state index in [0.29, 0.717) is 5.56 Å². The Morgan fingerprint density at radius 1 is 1.11 bits per heavy atom. The monoisotopic (exact) mass is 255 g/mol. The van der Waals surface area contributed by atoms with Gasteiger partial charge in [0.1, 0.15) is 0 Å². The van der Waals surface area contributed by atoms with Crippen molar-refractivity contribution in [3.63, 3.8) is 0 Å². The molecule has 0 aliphatic heterocycles. The summed E-state index contributed by atoms with van der Waals surface area (Å²) in [5.41, 5.74) is 3.32. The molecular weight excluding hydrogens is 242 g/mol. The fourth-order valence-electron chi connectivity index (χ4n) is 1.97. The standard InChI is InChI=1S/C15H13NO3/c1-10-3-8-14(11(2)17)15(9-10)12-4-6-13(7-5-12)16(18)19/h3-9H,1-2H3. The molecule has 4 heteroatoms. The number of carbonyl (C=O) groups excluding carboxylic acids is 1. The fraction of sp³-hybridized carbons (Fsp3) is 0.133. The number of nitro benzene ring substituents is 1. The molecule has 96 valence electrons. The fourth-order valence-corrected chi connectivity index (χ4v) is 1.97. The maximum absolute atomic E-state index is 11.6. The lowest BCUT2D eigenvalue weighted by Gasteiger charge is -2.08. The van der Waals surface area contributed by atoms with Crippen molar-refractivity contribution in [3.05, 3.63) is 63.7 Å². The summed E-state index contributed by atoms with van der Waals surface area (Å²) in [6.45, 7) is 3.46. The number of nitrogens with zero attached hydrogens (tertiary/aromatic N) is 1. The molecule has 0 atom stereocenters. The van der Waals surface area contributed by atoms with Crippen molar-refractivity contribution < 1.29 is 9.72 Å². The molecule has 0 saturated heterocycles. The average molecular weight is 255 g/mol. The molecule has 0 saturated carbocycles. The van der Waals surface area contributed by atoms with Crippen molar-refractivity contribution in [1.82, 2.24) is 0 Å². The van der Waals surface area contributed by atoms with Gasteiger partial charge in [0.2, 0.25) is 0 Å². The summed E-state index contributed by atoms with van der Waals surface area (Å²) in [7, 11) is 0. The van der Waals surface area contributed by atoms with Crippen molar-refractivity contribution in [2.24, 2.45) is 0 Å². The van der Waals surface area contributed by atoms with E-state index in [1.54, 1.807) is 18.2 Å². The maximum Gasteiger partial charge on any atom is 0.269 e. The van der Waals surface area contributed by atoms with E-state index in [2.05, 4.69) is 0 Å². The Hall–Kier alpha value is -2.49. The predicted octanol–water partition coefficient (Wildman–Crippen LogP) is 3.77. The minimum Gasteiger partial charge on any atom is -0.294 e. The van der Waals surface area contributed by atoms with Gasteiger partial charge in [0.25, 0.3) is 5.69 Å². The van der Waals surface area contributed by atoms with Crippen molar-refractivity contribution in [1.29, 1.82) is 0 Å². The second-order valence-electron chi connectivity index (χ2n) is 4.41. The number of aryl methyl sites for hydroxylation is 1. The van der Waals surface area contributed by atoms with E-state index in [-0.39, 0.29) is 11.5 Å². The molecule has 2 aromatic rings. The number of rotatable bonds is 3. The highest BCUT2D eigenvalue weighted by Gasteiger charge is 2.11. The Bertz CT molecular complexity index is 645. The van der Waals surface area contributed by atoms with E-state index >= 15 is 0 Å². The van der Waals surface area contributed by atoms with E-state index in [0.717, 1.165) is 16.7 Å². The van der Waals surface area contributed by atoms with Gasteiger partial charge in [-0.05, 0) is 37.1 Å². The number of hydrogen-bond donors (Lipinski definition) is 0. The third-order valence-electron chi connectivity index (χ3n) is 2.94. The topological polar surface area (TPSA) is 60.2 Å². The van der Waals surface area contributed by atoms with Gasteiger partial charge in [-0.15, -0.1) is 0 Å². The summed E-state index contributed by atoms with van der Waals surface area (Å²) >= 11 is 0. The van der Waals surface area contributed by atoms with Crippen molar-refractivity contribution in [2.45, 2.75) is 13.8 Å². The SMILES string of the molecule is CC(=O)c1ccc(C)cc1-c1ccc([N+](=O)[O-])cc1. The smallest absolute Gasteiger partial charge is 0.269 e. The lowest BCUT2D eigenvalue weighted by molar-refractivity contribution is -0.384. The van der Waals surface area contributed by atoms with Crippen LogP contribution in [0, 0.1) is 17.0 Å². The molecular formula is C15H13NO3. The second-order valence-corrected chi connectivity index (χ2v) is 4.41. The Labute approximate surface area is 110 Å². The van der Waals surface area contributed by atoms with Crippen LogP contribution in [0.25, 0.3) is 11.1 Å². The summed E-state index contributed by atoms with van der Waals surface area (Å²) in [5.74, 6) is -0.0200. The van der Waals surface area contributed by atoms with Gasteiger partial charge in [-0.2, -0.15) is 0 Å². The number of hydrogen-bond acceptors (Lipinski definition) is 3. The van der Waals surface area contributed by atoms with Crippen LogP contribution in [-0.4, -0.2) is 10.7 Å². The van der Waals surface area contributed by atoms with Gasteiger partial charge in [0.05, 0.1) is 4.92 Å². The van der Waals surface area contributed by atoms with Crippen molar-refractivity contribution >= 4 is 11.5 Å². The molecule has 0 aliphatic rings. The first-order chi connectivity index (χ1) is 8.99. The normalized spacial score (nSPS) is 10.2. The highest BCUT2D eigenvalue weighted by Crippen LogP contribution is 2.27. The number of carbonyl (C=O) groups is 1. The van der Waals surface area contributed by atoms with Crippen LogP contribution in [0.5, 0.6) is 0 Å². The Morgan fingerprint density at radius 3 is 2.26 bits per heavy atom. The zero-order valence-corrected chi connectivity index (χ0v) is 10.7. The highest BCUT2D eigenvalue weighted by molar-refractivity contribution is 6.01. The summed E-state index contributed by atoms with van der Waals surface area (Å²) in [6.07, 6.45) is 0. The van der Waals surface area contributed by atoms with Crippen LogP contribution in [0.15, 0.2) is 42.5 Å². The molecule has 0 aliphatic carbocycles. The van der Waals surface area contributed by atoms with Gasteiger partial charge in [-0.1, -0.05) is 23.8 Å². The van der Waals surface area contributed by atoms with Crippen LogP contribution in [0.2, 0.25) is 0 Å². The lowest BCUT2D eigenvalue weighted by Crippen LogP contribution is -1.97. The molecule has 19 heavy (non-hydrogen) atoms. The molecule has 0 unspecified atom stereocenters. The quantitative estimate of drug-likeness (QED) is 0.476. The van der Waals surface area contributed by atoms with Crippen molar-refractivity contribution in [2.75, 3.05) is 0 Å². The third-order valence-corrected chi connectivity index (χ3v) is 2.94. The van der Waals surface area contributed by atoms with E-state index in [1.807, 2.05) is 19.1 Å². The molecule has 0 spiro atoms. The van der Waals surface area contributed by atoms with Crippen LogP contribution < -0.4 is 0 Å². The molecule has 0 heterocycles. The van der Waals surface area contributed by atoms with E-state index < -0.39 is 4.92 Å². The van der Waals surface area contributed by atoms with Gasteiger partial charge in [0.15, 0.2) is 5.78 Å². The molecule has 0 aromatic heterocycles. The molecule has 4 nitrogen and oxygen atoms in total. The van der Waals surface area contributed by atoms with E-state index in [4.69, 9.17) is 0 Å². The predicted molar refractivity (Wildman–Crippen MR) is 73.3 cm³/mol. The second kappa shape index (κ2) is 5.02. The zero-order valence-electron chi connectivity index (χ0n) is 10.7. The number of non-ortho nitro benzene ring substituents is 1. The van der Waals surface area contributed by atoms with Crippen LogP contribution in [0.3, 0.4) is 0 Å². The average Bonchev–Trinajstić information content (AvgIpc) is 2.38. The minimum absolute atomic E-state index is 0.0200. The minimum atomic E-state index is -0.439. The molecule has 0 bridgehead atoms. The summed E-state index contributed by atoms with van der Waals surface area (Å²) in [6, 6.07) is 11.8. The van der Waals surface area contributed by atoms with Crippen molar-refractivity contribution in [3.8, 4) is 11.1 Å². The van der Waals surface area contributed by atoms with Crippen LogP contribution >= 0.6 is 0 Å². The number of ketones is 1. The van der Waals surface area contributed by atoms with Gasteiger partial charge < -0.3 is 0 Å². The first-order valence-corrected chi connectivity index (χ1v) is 5.85. The Kier molecular flexibility index (Phi) is 3.42. The van der Waals surface area contributed by atoms with E-state index in [1.165, 1.54) is 19.1 Å². The Morgan fingerprint density at radius 2 is 1.74 bits per heavy atom. The van der Waals surface area contributed by atoms with Gasteiger partial charge in [0, 0.05) is 17.7 Å². The molecule has 2 aromatic carbocycles. The number of Topliss-reactive ketones (excluding diaryl/α,β-unsaturated/α-hetero) is 1. The number of nitro groups is 1. The Balaban J connectivity index is 2.54. The van der Waals surface area contributed by atoms with Gasteiger partial charge in [-0.25, -0.2) is 0 Å². The molecule has 0 N–H and O–H groups in total. The summed E-state index contributed by atoms with van der Waals surface area (Å²) in [5, 5.41) is 10.6. The first kappa shape index (κ1) is 13.0. The lowest BCUT2D eigenvalue weighted by atomic mass is 9.95.